The van der Waals surface area contributed by atoms with E-state index in [4.69, 9.17) is 0 Å². The van der Waals surface area contributed by atoms with Crippen molar-refractivity contribution in [3.63, 3.8) is 0 Å². The summed E-state index contributed by atoms with van der Waals surface area (Å²) >= 11 is 0. The Bertz CT molecular complexity index is 160. The molecule has 0 aliphatic carbocycles. The summed E-state index contributed by atoms with van der Waals surface area (Å²) < 4.78 is 10.2. The van der Waals surface area contributed by atoms with Crippen LogP contribution in [0.2, 0.25) is 0 Å². The first kappa shape index (κ1) is 8.54. The number of rotatable bonds is 3. The molecular weight excluding hydrogens is 159 g/mol. The van der Waals surface area contributed by atoms with Gasteiger partial charge in [-0.1, -0.05) is 0 Å². The van der Waals surface area contributed by atoms with Gasteiger partial charge in [-0.15, -0.1) is 0 Å². The molecule has 1 aliphatic heterocycles. The van der Waals surface area contributed by atoms with Gasteiger partial charge in [0.1, 0.15) is 6.17 Å². The lowest BCUT2D eigenvalue weighted by Gasteiger charge is -2.26. The van der Waals surface area contributed by atoms with Gasteiger partial charge in [-0.05, 0) is 6.42 Å². The van der Waals surface area contributed by atoms with Gasteiger partial charge in [0.05, 0.1) is 0 Å². The zero-order chi connectivity index (χ0) is 8.27. The summed E-state index contributed by atoms with van der Waals surface area (Å²) in [5.41, 5.74) is 0. The molecule has 1 heterocycles. The van der Waals surface area contributed by atoms with E-state index in [0.29, 0.717) is 6.17 Å². The molecule has 0 N–H and O–H groups in total. The SMILES string of the molecule is CN1C=CN(C)C1CCP=O. The Morgan fingerprint density at radius 2 is 1.91 bits per heavy atom. The Balaban J connectivity index is 2.38. The molecule has 1 rings (SSSR count). The molecule has 0 saturated carbocycles. The highest BCUT2D eigenvalue weighted by Gasteiger charge is 2.19. The van der Waals surface area contributed by atoms with Crippen molar-refractivity contribution in [2.75, 3.05) is 20.3 Å². The fourth-order valence-corrected chi connectivity index (χ4v) is 1.61. The van der Waals surface area contributed by atoms with Crippen molar-refractivity contribution < 1.29 is 4.57 Å². The Labute approximate surface area is 68.9 Å². The normalized spacial score (nSPS) is 18.7. The van der Waals surface area contributed by atoms with Gasteiger partial charge < -0.3 is 9.80 Å². The van der Waals surface area contributed by atoms with Crippen LogP contribution in [-0.4, -0.2) is 36.2 Å². The zero-order valence-electron chi connectivity index (χ0n) is 6.90. The van der Waals surface area contributed by atoms with Crippen LogP contribution in [0.1, 0.15) is 6.42 Å². The topological polar surface area (TPSA) is 23.6 Å². The maximum atomic E-state index is 10.2. The van der Waals surface area contributed by atoms with Crippen LogP contribution in [0, 0.1) is 0 Å². The van der Waals surface area contributed by atoms with Crippen LogP contribution >= 0.6 is 8.46 Å². The van der Waals surface area contributed by atoms with Gasteiger partial charge in [0.25, 0.3) is 0 Å². The fraction of sp³-hybridized carbons (Fsp3) is 0.714. The monoisotopic (exact) mass is 172 g/mol. The van der Waals surface area contributed by atoms with Crippen LogP contribution in [-0.2, 0) is 4.57 Å². The van der Waals surface area contributed by atoms with Gasteiger partial charge in [-0.2, -0.15) is 0 Å². The maximum absolute atomic E-state index is 10.2. The third-order valence-corrected chi connectivity index (χ3v) is 2.40. The van der Waals surface area contributed by atoms with Gasteiger partial charge in [-0.3, -0.25) is 4.57 Å². The molecule has 0 aromatic carbocycles. The van der Waals surface area contributed by atoms with Crippen molar-refractivity contribution in [3.8, 4) is 0 Å². The number of hydrogen-bond acceptors (Lipinski definition) is 3. The van der Waals surface area contributed by atoms with Crippen molar-refractivity contribution >= 4 is 8.46 Å². The van der Waals surface area contributed by atoms with Crippen molar-refractivity contribution in [3.05, 3.63) is 12.4 Å². The lowest BCUT2D eigenvalue weighted by atomic mass is 10.3. The first-order chi connectivity index (χ1) is 5.25. The minimum Gasteiger partial charge on any atom is -0.359 e. The molecule has 0 radical (unpaired) electrons. The molecule has 0 atom stereocenters. The van der Waals surface area contributed by atoms with Crippen LogP contribution in [0.3, 0.4) is 0 Å². The smallest absolute Gasteiger partial charge is 0.155 e. The van der Waals surface area contributed by atoms with Gasteiger partial charge in [-0.25, -0.2) is 0 Å². The van der Waals surface area contributed by atoms with Crippen LogP contribution < -0.4 is 0 Å². The predicted octanol–water partition coefficient (Wildman–Crippen LogP) is 1.34. The molecular formula is C7H13N2OP. The summed E-state index contributed by atoms with van der Waals surface area (Å²) in [6.45, 7) is 0. The molecule has 0 amide bonds. The summed E-state index contributed by atoms with van der Waals surface area (Å²) in [6.07, 6.45) is 6.15. The second kappa shape index (κ2) is 3.72. The van der Waals surface area contributed by atoms with E-state index in [9.17, 15) is 4.57 Å². The Morgan fingerprint density at radius 1 is 1.36 bits per heavy atom. The molecule has 0 spiro atoms. The standard InChI is InChI=1S/C7H13N2OP/c1-8-4-5-9(2)7(8)3-6-11-10/h4-5,7H,3,6H2,1-2H3. The lowest BCUT2D eigenvalue weighted by Crippen LogP contribution is -2.34. The fourth-order valence-electron chi connectivity index (χ4n) is 1.27. The minimum atomic E-state index is 0.247. The van der Waals surface area contributed by atoms with Crippen molar-refractivity contribution in [1.29, 1.82) is 0 Å². The van der Waals surface area contributed by atoms with Crippen molar-refractivity contribution in [1.82, 2.24) is 9.80 Å². The summed E-state index contributed by atoms with van der Waals surface area (Å²) in [4.78, 5) is 4.26. The minimum absolute atomic E-state index is 0.247. The third-order valence-electron chi connectivity index (χ3n) is 1.96. The van der Waals surface area contributed by atoms with Crippen LogP contribution in [0.25, 0.3) is 0 Å². The summed E-state index contributed by atoms with van der Waals surface area (Å²) in [6, 6.07) is 0. The second-order valence-electron chi connectivity index (χ2n) is 2.75. The zero-order valence-corrected chi connectivity index (χ0v) is 7.79. The largest absolute Gasteiger partial charge is 0.359 e. The average molecular weight is 172 g/mol. The highest BCUT2D eigenvalue weighted by atomic mass is 31.1. The van der Waals surface area contributed by atoms with Gasteiger partial charge in [0.2, 0.25) is 0 Å². The maximum Gasteiger partial charge on any atom is 0.155 e. The summed E-state index contributed by atoms with van der Waals surface area (Å²) in [7, 11) is 4.32. The molecule has 0 aromatic rings. The van der Waals surface area contributed by atoms with Crippen LogP contribution in [0.5, 0.6) is 0 Å². The average Bonchev–Trinajstić information content (AvgIpc) is 2.29. The number of hydrogen-bond donors (Lipinski definition) is 0. The highest BCUT2D eigenvalue weighted by molar-refractivity contribution is 7.23. The molecule has 0 saturated heterocycles. The van der Waals surface area contributed by atoms with E-state index in [1.807, 2.05) is 26.5 Å². The van der Waals surface area contributed by atoms with E-state index < -0.39 is 0 Å². The van der Waals surface area contributed by atoms with Gasteiger partial charge in [0, 0.05) is 32.7 Å². The highest BCUT2D eigenvalue weighted by Crippen LogP contribution is 2.15. The summed E-state index contributed by atoms with van der Waals surface area (Å²) in [5.74, 6) is 0. The lowest BCUT2D eigenvalue weighted by molar-refractivity contribution is 0.200. The molecule has 4 heteroatoms. The molecule has 62 valence electrons. The predicted molar refractivity (Wildman–Crippen MR) is 45.5 cm³/mol. The quantitative estimate of drug-likeness (QED) is 0.600. The Kier molecular flexibility index (Phi) is 2.89. The molecule has 0 unspecified atom stereocenters. The van der Waals surface area contributed by atoms with E-state index in [0.717, 1.165) is 12.6 Å². The first-order valence-corrected chi connectivity index (χ1v) is 4.67. The summed E-state index contributed by atoms with van der Waals surface area (Å²) in [5, 5.41) is 0. The van der Waals surface area contributed by atoms with E-state index in [1.165, 1.54) is 0 Å². The molecule has 0 bridgehead atoms. The molecule has 1 aliphatic rings. The Hall–Kier alpha value is -0.560. The molecule has 11 heavy (non-hydrogen) atoms. The van der Waals surface area contributed by atoms with Gasteiger partial charge in [0.15, 0.2) is 8.46 Å². The molecule has 0 aromatic heterocycles. The Morgan fingerprint density at radius 3 is 2.36 bits per heavy atom. The van der Waals surface area contributed by atoms with Crippen LogP contribution in [0.15, 0.2) is 12.4 Å². The van der Waals surface area contributed by atoms with Gasteiger partial charge >= 0.3 is 0 Å². The van der Waals surface area contributed by atoms with E-state index in [-0.39, 0.29) is 8.46 Å². The van der Waals surface area contributed by atoms with E-state index in [1.54, 1.807) is 0 Å². The third kappa shape index (κ3) is 1.93. The van der Waals surface area contributed by atoms with E-state index in [2.05, 4.69) is 9.80 Å². The van der Waals surface area contributed by atoms with Crippen LogP contribution in [0.4, 0.5) is 0 Å². The number of nitrogens with zero attached hydrogens (tertiary/aromatic N) is 2. The van der Waals surface area contributed by atoms with Crippen molar-refractivity contribution in [2.45, 2.75) is 12.6 Å². The second-order valence-corrected chi connectivity index (χ2v) is 3.46. The van der Waals surface area contributed by atoms with E-state index >= 15 is 0 Å². The first-order valence-electron chi connectivity index (χ1n) is 3.67. The van der Waals surface area contributed by atoms with Crippen molar-refractivity contribution in [2.24, 2.45) is 0 Å². The molecule has 3 nitrogen and oxygen atoms in total. The molecule has 0 fully saturated rings.